The maximum atomic E-state index is 12.2. The van der Waals surface area contributed by atoms with Crippen molar-refractivity contribution in [1.82, 2.24) is 0 Å². The Morgan fingerprint density at radius 2 is 1.50 bits per heavy atom. The van der Waals surface area contributed by atoms with Crippen LogP contribution in [0.15, 0.2) is 48.5 Å². The van der Waals surface area contributed by atoms with Gasteiger partial charge in [0.05, 0.1) is 16.8 Å². The maximum absolute atomic E-state index is 12.2. The number of amides is 2. The minimum atomic E-state index is -0.330. The van der Waals surface area contributed by atoms with Crippen molar-refractivity contribution in [2.75, 3.05) is 4.90 Å². The van der Waals surface area contributed by atoms with E-state index in [0.717, 1.165) is 0 Å². The van der Waals surface area contributed by atoms with Crippen LogP contribution in [0.3, 0.4) is 0 Å². The molecule has 0 unspecified atom stereocenters. The van der Waals surface area contributed by atoms with Crippen molar-refractivity contribution >= 4 is 29.1 Å². The van der Waals surface area contributed by atoms with Gasteiger partial charge in [0.25, 0.3) is 11.8 Å². The van der Waals surface area contributed by atoms with Crippen LogP contribution in [0, 0.1) is 0 Å². The molecule has 4 heteroatoms. The minimum absolute atomic E-state index is 0.308. The van der Waals surface area contributed by atoms with E-state index in [1.54, 1.807) is 36.4 Å². The first-order chi connectivity index (χ1) is 8.68. The molecule has 3 nitrogen and oxygen atoms in total. The lowest BCUT2D eigenvalue weighted by atomic mass is 10.1. The Balaban J connectivity index is 2.13. The predicted molar refractivity (Wildman–Crippen MR) is 69.0 cm³/mol. The quantitative estimate of drug-likeness (QED) is 0.736. The van der Waals surface area contributed by atoms with Gasteiger partial charge in [-0.05, 0) is 30.3 Å². The summed E-state index contributed by atoms with van der Waals surface area (Å²) >= 11 is 5.85. The first-order valence-corrected chi connectivity index (χ1v) is 5.79. The zero-order valence-corrected chi connectivity index (χ0v) is 10.0. The maximum Gasteiger partial charge on any atom is 0.266 e. The van der Waals surface area contributed by atoms with Crippen LogP contribution >= 0.6 is 11.6 Å². The van der Waals surface area contributed by atoms with Crippen molar-refractivity contribution in [2.24, 2.45) is 0 Å². The normalized spacial score (nSPS) is 13.9. The smallest absolute Gasteiger partial charge is 0.266 e. The van der Waals surface area contributed by atoms with E-state index in [9.17, 15) is 9.59 Å². The number of anilines is 1. The van der Waals surface area contributed by atoms with Gasteiger partial charge in [-0.1, -0.05) is 29.8 Å². The molecule has 2 amide bonds. The summed E-state index contributed by atoms with van der Waals surface area (Å²) in [4.78, 5) is 25.6. The van der Waals surface area contributed by atoms with E-state index in [1.807, 2.05) is 6.07 Å². The Bertz CT molecular complexity index is 652. The van der Waals surface area contributed by atoms with E-state index >= 15 is 0 Å². The zero-order valence-electron chi connectivity index (χ0n) is 9.26. The van der Waals surface area contributed by atoms with Crippen LogP contribution in [0.1, 0.15) is 20.7 Å². The number of benzene rings is 2. The minimum Gasteiger partial charge on any atom is -0.268 e. The third kappa shape index (κ3) is 1.52. The van der Waals surface area contributed by atoms with Gasteiger partial charge in [-0.2, -0.15) is 0 Å². The Morgan fingerprint density at radius 3 is 2.22 bits per heavy atom. The van der Waals surface area contributed by atoms with Crippen LogP contribution in [0.5, 0.6) is 0 Å². The summed E-state index contributed by atoms with van der Waals surface area (Å²) in [6.07, 6.45) is 0. The molecule has 0 aromatic heterocycles. The molecule has 0 fully saturated rings. The SMILES string of the molecule is O=C1c2ccc(Cl)cc2C(=O)N1c1ccccc1. The molecule has 1 heterocycles. The molecule has 0 aliphatic carbocycles. The summed E-state index contributed by atoms with van der Waals surface area (Å²) in [5.74, 6) is -0.637. The fourth-order valence-corrected chi connectivity index (χ4v) is 2.20. The largest absolute Gasteiger partial charge is 0.268 e. The first-order valence-electron chi connectivity index (χ1n) is 5.42. The molecule has 1 aliphatic rings. The van der Waals surface area contributed by atoms with E-state index < -0.39 is 0 Å². The highest BCUT2D eigenvalue weighted by Crippen LogP contribution is 2.29. The second kappa shape index (κ2) is 3.96. The standard InChI is InChI=1S/C14H8ClNO2/c15-9-6-7-11-12(8-9)14(18)16(13(11)17)10-4-2-1-3-5-10/h1-8H. The molecule has 0 radical (unpaired) electrons. The third-order valence-electron chi connectivity index (χ3n) is 2.86. The summed E-state index contributed by atoms with van der Waals surface area (Å²) in [6, 6.07) is 13.6. The van der Waals surface area contributed by atoms with Crippen molar-refractivity contribution in [3.8, 4) is 0 Å². The van der Waals surface area contributed by atoms with Gasteiger partial charge in [-0.3, -0.25) is 9.59 Å². The fourth-order valence-electron chi connectivity index (χ4n) is 2.02. The van der Waals surface area contributed by atoms with Gasteiger partial charge in [0, 0.05) is 5.02 Å². The number of imide groups is 1. The van der Waals surface area contributed by atoms with Crippen LogP contribution in [0.25, 0.3) is 0 Å². The Kier molecular flexibility index (Phi) is 2.42. The van der Waals surface area contributed by atoms with Crippen LogP contribution in [0.2, 0.25) is 5.02 Å². The average molecular weight is 258 g/mol. The Morgan fingerprint density at radius 1 is 0.833 bits per heavy atom. The van der Waals surface area contributed by atoms with E-state index in [1.165, 1.54) is 11.0 Å². The summed E-state index contributed by atoms with van der Waals surface area (Å²) in [5, 5.41) is 0.449. The van der Waals surface area contributed by atoms with E-state index in [2.05, 4.69) is 0 Å². The fraction of sp³-hybridized carbons (Fsp3) is 0. The molecule has 0 atom stereocenters. The summed E-state index contributed by atoms with van der Waals surface area (Å²) in [6.45, 7) is 0. The first kappa shape index (κ1) is 11.0. The van der Waals surface area contributed by atoms with Crippen LogP contribution in [0.4, 0.5) is 5.69 Å². The number of rotatable bonds is 1. The lowest BCUT2D eigenvalue weighted by molar-refractivity contribution is 0.0926. The number of fused-ring (bicyclic) bond motifs is 1. The second-order valence-corrected chi connectivity index (χ2v) is 4.41. The molecule has 0 saturated carbocycles. The molecule has 18 heavy (non-hydrogen) atoms. The van der Waals surface area contributed by atoms with Crippen LogP contribution < -0.4 is 4.90 Å². The van der Waals surface area contributed by atoms with Crippen molar-refractivity contribution in [2.45, 2.75) is 0 Å². The molecule has 1 aliphatic heterocycles. The number of hydrogen-bond acceptors (Lipinski definition) is 2. The number of para-hydroxylation sites is 1. The summed E-state index contributed by atoms with van der Waals surface area (Å²) in [7, 11) is 0. The van der Waals surface area contributed by atoms with E-state index in [0.29, 0.717) is 21.8 Å². The Hall–Kier alpha value is -2.13. The molecular weight excluding hydrogens is 250 g/mol. The van der Waals surface area contributed by atoms with Gasteiger partial charge in [-0.25, -0.2) is 4.90 Å². The third-order valence-corrected chi connectivity index (χ3v) is 3.10. The topological polar surface area (TPSA) is 37.4 Å². The molecule has 2 aromatic rings. The van der Waals surface area contributed by atoms with Crippen molar-refractivity contribution < 1.29 is 9.59 Å². The van der Waals surface area contributed by atoms with Gasteiger partial charge in [0.1, 0.15) is 0 Å². The lowest BCUT2D eigenvalue weighted by Crippen LogP contribution is -2.29. The van der Waals surface area contributed by atoms with Crippen LogP contribution in [-0.4, -0.2) is 11.8 Å². The predicted octanol–water partition coefficient (Wildman–Crippen LogP) is 3.14. The molecule has 3 rings (SSSR count). The second-order valence-electron chi connectivity index (χ2n) is 3.97. The van der Waals surface area contributed by atoms with E-state index in [-0.39, 0.29) is 11.8 Å². The van der Waals surface area contributed by atoms with Crippen molar-refractivity contribution in [3.63, 3.8) is 0 Å². The summed E-state index contributed by atoms with van der Waals surface area (Å²) < 4.78 is 0. The van der Waals surface area contributed by atoms with Crippen molar-refractivity contribution in [3.05, 3.63) is 64.7 Å². The van der Waals surface area contributed by atoms with Gasteiger partial charge < -0.3 is 0 Å². The molecule has 2 aromatic carbocycles. The molecule has 0 N–H and O–H groups in total. The van der Waals surface area contributed by atoms with Crippen molar-refractivity contribution in [1.29, 1.82) is 0 Å². The highest BCUT2D eigenvalue weighted by Gasteiger charge is 2.36. The number of carbonyl (C=O) groups is 2. The zero-order chi connectivity index (χ0) is 12.7. The van der Waals surface area contributed by atoms with Gasteiger partial charge >= 0.3 is 0 Å². The molecular formula is C14H8ClNO2. The molecule has 0 bridgehead atoms. The molecule has 88 valence electrons. The highest BCUT2D eigenvalue weighted by molar-refractivity contribution is 6.36. The van der Waals surface area contributed by atoms with E-state index in [4.69, 9.17) is 11.6 Å². The Labute approximate surface area is 109 Å². The molecule has 0 saturated heterocycles. The summed E-state index contributed by atoms with van der Waals surface area (Å²) in [5.41, 5.74) is 1.32. The van der Waals surface area contributed by atoms with Gasteiger partial charge in [0.2, 0.25) is 0 Å². The van der Waals surface area contributed by atoms with Gasteiger partial charge in [0.15, 0.2) is 0 Å². The number of carbonyl (C=O) groups excluding carboxylic acids is 2. The number of hydrogen-bond donors (Lipinski definition) is 0. The average Bonchev–Trinajstić information content (AvgIpc) is 2.63. The van der Waals surface area contributed by atoms with Gasteiger partial charge in [-0.15, -0.1) is 0 Å². The lowest BCUT2D eigenvalue weighted by Gasteiger charge is -2.13. The highest BCUT2D eigenvalue weighted by atomic mass is 35.5. The number of halogens is 1. The number of nitrogens with zero attached hydrogens (tertiary/aromatic N) is 1. The molecule has 0 spiro atoms. The van der Waals surface area contributed by atoms with Crippen LogP contribution in [-0.2, 0) is 0 Å². The monoisotopic (exact) mass is 257 g/mol.